The molecule has 0 aliphatic heterocycles. The van der Waals surface area contributed by atoms with Crippen molar-refractivity contribution in [3.63, 3.8) is 0 Å². The Morgan fingerprint density at radius 3 is 2.50 bits per heavy atom. The molecule has 0 heterocycles. The van der Waals surface area contributed by atoms with E-state index < -0.39 is 0 Å². The number of nitrogens with one attached hydrogen (secondary N) is 1. The minimum atomic E-state index is 0.842. The molecule has 0 bridgehead atoms. The van der Waals surface area contributed by atoms with Gasteiger partial charge in [-0.05, 0) is 19.7 Å². The van der Waals surface area contributed by atoms with E-state index in [2.05, 4.69) is 24.0 Å². The van der Waals surface area contributed by atoms with Crippen LogP contribution in [0.3, 0.4) is 0 Å². The molecule has 0 unspecified atom stereocenters. The fourth-order valence-electron chi connectivity index (χ4n) is 1.14. The number of rotatable bonds is 9. The van der Waals surface area contributed by atoms with Crippen LogP contribution in [-0.4, -0.2) is 26.4 Å². The third-order valence-corrected chi connectivity index (χ3v) is 1.90. The van der Waals surface area contributed by atoms with Crippen molar-refractivity contribution < 1.29 is 0 Å². The summed E-state index contributed by atoms with van der Waals surface area (Å²) in [6.45, 7) is 8.64. The third-order valence-electron chi connectivity index (χ3n) is 1.90. The van der Waals surface area contributed by atoms with E-state index in [1.807, 2.05) is 0 Å². The lowest BCUT2D eigenvalue weighted by Gasteiger charge is -2.01. The van der Waals surface area contributed by atoms with Gasteiger partial charge in [-0.25, -0.2) is 0 Å². The molecule has 0 aliphatic rings. The summed E-state index contributed by atoms with van der Waals surface area (Å²) >= 11 is 0. The molecule has 0 fully saturated rings. The lowest BCUT2D eigenvalue weighted by molar-refractivity contribution is 0.587. The predicted molar refractivity (Wildman–Crippen MR) is 56.0 cm³/mol. The molecule has 0 amide bonds. The van der Waals surface area contributed by atoms with E-state index in [0.717, 1.165) is 19.6 Å². The van der Waals surface area contributed by atoms with Crippen LogP contribution in [0, 0.1) is 0 Å². The highest BCUT2D eigenvalue weighted by molar-refractivity contribution is 5.23. The van der Waals surface area contributed by atoms with Gasteiger partial charge in [0.2, 0.25) is 0 Å². The summed E-state index contributed by atoms with van der Waals surface area (Å²) in [5, 5.41) is 3.33. The predicted octanol–water partition coefficient (Wildman–Crippen LogP) is 2.25. The molecular weight excluding hydrogens is 148 g/mol. The zero-order valence-electron chi connectivity index (χ0n) is 8.31. The van der Waals surface area contributed by atoms with Crippen LogP contribution < -0.4 is 5.32 Å². The van der Waals surface area contributed by atoms with Gasteiger partial charge >= 0.3 is 0 Å². The maximum Gasteiger partial charge on any atom is 0.0507 e. The molecule has 0 aliphatic carbocycles. The summed E-state index contributed by atoms with van der Waals surface area (Å²) < 4.78 is 0. The van der Waals surface area contributed by atoms with Gasteiger partial charge in [0, 0.05) is 6.54 Å². The highest BCUT2D eigenvalue weighted by Gasteiger charge is 1.88. The maximum atomic E-state index is 3.77. The second-order valence-electron chi connectivity index (χ2n) is 3.11. The molecule has 2 heteroatoms. The van der Waals surface area contributed by atoms with Gasteiger partial charge < -0.3 is 5.32 Å². The SMILES string of the molecule is C=NCCNCCCCCCC. The average molecular weight is 170 g/mol. The van der Waals surface area contributed by atoms with Gasteiger partial charge in [-0.3, -0.25) is 4.99 Å². The Labute approximate surface area is 76.5 Å². The van der Waals surface area contributed by atoms with Gasteiger partial charge in [-0.2, -0.15) is 0 Å². The van der Waals surface area contributed by atoms with E-state index in [1.54, 1.807) is 0 Å². The second-order valence-corrected chi connectivity index (χ2v) is 3.11. The summed E-state index contributed by atoms with van der Waals surface area (Å²) in [5.74, 6) is 0. The van der Waals surface area contributed by atoms with Crippen LogP contribution in [0.4, 0.5) is 0 Å². The van der Waals surface area contributed by atoms with Crippen molar-refractivity contribution in [2.45, 2.75) is 39.0 Å². The van der Waals surface area contributed by atoms with Crippen LogP contribution in [0.15, 0.2) is 4.99 Å². The van der Waals surface area contributed by atoms with Crippen molar-refractivity contribution in [3.8, 4) is 0 Å². The van der Waals surface area contributed by atoms with Gasteiger partial charge in [-0.1, -0.05) is 32.6 Å². The van der Waals surface area contributed by atoms with Crippen molar-refractivity contribution in [2.24, 2.45) is 4.99 Å². The Morgan fingerprint density at radius 1 is 1.08 bits per heavy atom. The normalized spacial score (nSPS) is 10.1. The Hall–Kier alpha value is -0.370. The minimum absolute atomic E-state index is 0.842. The van der Waals surface area contributed by atoms with Gasteiger partial charge in [0.05, 0.1) is 6.54 Å². The zero-order chi connectivity index (χ0) is 9.07. The van der Waals surface area contributed by atoms with Crippen molar-refractivity contribution in [1.82, 2.24) is 5.32 Å². The van der Waals surface area contributed by atoms with Crippen molar-refractivity contribution in [1.29, 1.82) is 0 Å². The molecule has 0 rings (SSSR count). The Bertz CT molecular complexity index is 91.8. The van der Waals surface area contributed by atoms with E-state index in [9.17, 15) is 0 Å². The van der Waals surface area contributed by atoms with E-state index >= 15 is 0 Å². The van der Waals surface area contributed by atoms with E-state index in [4.69, 9.17) is 0 Å². The first-order valence-electron chi connectivity index (χ1n) is 5.05. The van der Waals surface area contributed by atoms with E-state index in [-0.39, 0.29) is 0 Å². The molecule has 1 N–H and O–H groups in total. The molecule has 12 heavy (non-hydrogen) atoms. The van der Waals surface area contributed by atoms with Gasteiger partial charge in [-0.15, -0.1) is 0 Å². The summed E-state index contributed by atoms with van der Waals surface area (Å²) in [4.78, 5) is 3.77. The van der Waals surface area contributed by atoms with Crippen LogP contribution in [0.5, 0.6) is 0 Å². The molecule has 0 saturated heterocycles. The summed E-state index contributed by atoms with van der Waals surface area (Å²) in [5.41, 5.74) is 0. The van der Waals surface area contributed by atoms with Crippen molar-refractivity contribution in [2.75, 3.05) is 19.6 Å². The second kappa shape index (κ2) is 10.6. The van der Waals surface area contributed by atoms with Gasteiger partial charge in [0.25, 0.3) is 0 Å². The molecule has 0 radical (unpaired) electrons. The first-order valence-corrected chi connectivity index (χ1v) is 5.05. The number of hydrogen-bond donors (Lipinski definition) is 1. The monoisotopic (exact) mass is 170 g/mol. The standard InChI is InChI=1S/C10H22N2/c1-3-4-5-6-7-8-12-10-9-11-2/h12H,2-10H2,1H3. The Morgan fingerprint density at radius 2 is 1.83 bits per heavy atom. The number of aliphatic imine (C=N–C) groups is 1. The maximum absolute atomic E-state index is 3.77. The van der Waals surface area contributed by atoms with Crippen molar-refractivity contribution in [3.05, 3.63) is 0 Å². The topological polar surface area (TPSA) is 24.4 Å². The largest absolute Gasteiger partial charge is 0.315 e. The fourth-order valence-corrected chi connectivity index (χ4v) is 1.14. The molecule has 0 aromatic heterocycles. The van der Waals surface area contributed by atoms with E-state index in [1.165, 1.54) is 32.1 Å². The molecule has 2 nitrogen and oxygen atoms in total. The van der Waals surface area contributed by atoms with Gasteiger partial charge in [0.1, 0.15) is 0 Å². The number of nitrogens with zero attached hydrogens (tertiary/aromatic N) is 1. The molecule has 0 aromatic carbocycles. The first kappa shape index (κ1) is 11.6. The van der Waals surface area contributed by atoms with Crippen LogP contribution in [0.25, 0.3) is 0 Å². The third kappa shape index (κ3) is 9.63. The lowest BCUT2D eigenvalue weighted by atomic mass is 10.1. The average Bonchev–Trinajstić information content (AvgIpc) is 2.10. The van der Waals surface area contributed by atoms with Crippen LogP contribution in [0.2, 0.25) is 0 Å². The molecular formula is C10H22N2. The van der Waals surface area contributed by atoms with Crippen molar-refractivity contribution >= 4 is 6.72 Å². The van der Waals surface area contributed by atoms with Crippen LogP contribution in [-0.2, 0) is 0 Å². The molecule has 0 aromatic rings. The highest BCUT2D eigenvalue weighted by atomic mass is 14.9. The number of hydrogen-bond acceptors (Lipinski definition) is 2. The van der Waals surface area contributed by atoms with E-state index in [0.29, 0.717) is 0 Å². The zero-order valence-corrected chi connectivity index (χ0v) is 8.31. The Balaban J connectivity index is 2.77. The molecule has 0 spiro atoms. The quantitative estimate of drug-likeness (QED) is 0.416. The van der Waals surface area contributed by atoms with Crippen LogP contribution in [0.1, 0.15) is 39.0 Å². The summed E-state index contributed by atoms with van der Waals surface area (Å²) in [6.07, 6.45) is 6.76. The smallest absolute Gasteiger partial charge is 0.0507 e. The molecule has 0 saturated carbocycles. The number of unbranched alkanes of at least 4 members (excludes halogenated alkanes) is 4. The highest BCUT2D eigenvalue weighted by Crippen LogP contribution is 2.00. The molecule has 0 atom stereocenters. The fraction of sp³-hybridized carbons (Fsp3) is 0.900. The summed E-state index contributed by atoms with van der Waals surface area (Å²) in [7, 11) is 0. The van der Waals surface area contributed by atoms with Crippen LogP contribution >= 0.6 is 0 Å². The van der Waals surface area contributed by atoms with Gasteiger partial charge in [0.15, 0.2) is 0 Å². The Kier molecular flexibility index (Phi) is 10.3. The summed E-state index contributed by atoms with van der Waals surface area (Å²) in [6, 6.07) is 0. The first-order chi connectivity index (χ1) is 5.91. The lowest BCUT2D eigenvalue weighted by Crippen LogP contribution is -2.18. The minimum Gasteiger partial charge on any atom is -0.315 e. The molecule has 72 valence electrons.